The predicted molar refractivity (Wildman–Crippen MR) is 109 cm³/mol. The molecular formula is C18H17BrClN3OS. The fourth-order valence-electron chi connectivity index (χ4n) is 2.38. The van der Waals surface area contributed by atoms with Crippen LogP contribution in [0, 0.1) is 0 Å². The average Bonchev–Trinajstić information content (AvgIpc) is 3.00. The Labute approximate surface area is 164 Å². The molecule has 1 heterocycles. The Hall–Kier alpha value is -1.47. The summed E-state index contributed by atoms with van der Waals surface area (Å²) < 4.78 is 1.85. The highest BCUT2D eigenvalue weighted by Crippen LogP contribution is 2.33. The van der Waals surface area contributed by atoms with Gasteiger partial charge in [0.05, 0.1) is 9.72 Å². The highest BCUT2D eigenvalue weighted by Gasteiger charge is 2.22. The molecule has 0 saturated carbocycles. The summed E-state index contributed by atoms with van der Waals surface area (Å²) in [6, 6.07) is 13.1. The van der Waals surface area contributed by atoms with Crippen molar-refractivity contribution >= 4 is 60.1 Å². The van der Waals surface area contributed by atoms with E-state index in [9.17, 15) is 4.79 Å². The summed E-state index contributed by atoms with van der Waals surface area (Å²) >= 11 is 11.2. The lowest BCUT2D eigenvalue weighted by molar-refractivity contribution is 0.0985. The van der Waals surface area contributed by atoms with Crippen LogP contribution in [0.15, 0.2) is 46.9 Å². The standard InChI is InChI=1S/C18H17BrClN3OS/c1-22(2)9-10-23(17(24)12-5-3-6-13(19)11-12)18-21-16-14(20)7-4-8-15(16)25-18/h3-8,11H,9-10H2,1-2H3. The van der Waals surface area contributed by atoms with Gasteiger partial charge in [0, 0.05) is 23.1 Å². The molecule has 0 saturated heterocycles. The number of benzene rings is 2. The fourth-order valence-corrected chi connectivity index (χ4v) is 4.07. The number of anilines is 1. The van der Waals surface area contributed by atoms with Crippen molar-refractivity contribution in [2.24, 2.45) is 0 Å². The minimum atomic E-state index is -0.0710. The van der Waals surface area contributed by atoms with Crippen molar-refractivity contribution in [2.45, 2.75) is 0 Å². The minimum Gasteiger partial charge on any atom is -0.308 e. The van der Waals surface area contributed by atoms with Crippen LogP contribution in [-0.2, 0) is 0 Å². The molecule has 130 valence electrons. The molecule has 0 spiro atoms. The maximum absolute atomic E-state index is 13.1. The van der Waals surface area contributed by atoms with Gasteiger partial charge in [-0.1, -0.05) is 51.0 Å². The number of para-hydroxylation sites is 1. The number of hydrogen-bond donors (Lipinski definition) is 0. The molecule has 0 aliphatic heterocycles. The van der Waals surface area contributed by atoms with Gasteiger partial charge < -0.3 is 4.90 Å². The van der Waals surface area contributed by atoms with Crippen LogP contribution in [0.5, 0.6) is 0 Å². The smallest absolute Gasteiger partial charge is 0.260 e. The third-order valence-electron chi connectivity index (χ3n) is 3.68. The molecule has 0 bridgehead atoms. The van der Waals surface area contributed by atoms with Crippen molar-refractivity contribution in [3.05, 3.63) is 57.5 Å². The first-order valence-electron chi connectivity index (χ1n) is 7.73. The first-order valence-corrected chi connectivity index (χ1v) is 9.71. The van der Waals surface area contributed by atoms with E-state index >= 15 is 0 Å². The van der Waals surface area contributed by atoms with Crippen LogP contribution in [0.4, 0.5) is 5.13 Å². The van der Waals surface area contributed by atoms with Crippen molar-refractivity contribution in [1.82, 2.24) is 9.88 Å². The monoisotopic (exact) mass is 437 g/mol. The van der Waals surface area contributed by atoms with Crippen LogP contribution in [0.25, 0.3) is 10.2 Å². The molecule has 7 heteroatoms. The Morgan fingerprint density at radius 3 is 2.64 bits per heavy atom. The van der Waals surface area contributed by atoms with Crippen LogP contribution < -0.4 is 4.90 Å². The number of hydrogen-bond acceptors (Lipinski definition) is 4. The number of thiazole rings is 1. The molecule has 3 rings (SSSR count). The summed E-state index contributed by atoms with van der Waals surface area (Å²) in [7, 11) is 3.97. The van der Waals surface area contributed by atoms with Gasteiger partial charge in [0.15, 0.2) is 5.13 Å². The zero-order chi connectivity index (χ0) is 18.0. The number of halogens is 2. The van der Waals surface area contributed by atoms with Gasteiger partial charge in [-0.3, -0.25) is 9.69 Å². The number of carbonyl (C=O) groups is 1. The summed E-state index contributed by atoms with van der Waals surface area (Å²) in [5.41, 5.74) is 1.36. The van der Waals surface area contributed by atoms with E-state index in [0.717, 1.165) is 21.2 Å². The molecule has 0 atom stereocenters. The fraction of sp³-hybridized carbons (Fsp3) is 0.222. The Morgan fingerprint density at radius 2 is 1.96 bits per heavy atom. The predicted octanol–water partition coefficient (Wildman–Crippen LogP) is 4.92. The van der Waals surface area contributed by atoms with Gasteiger partial charge >= 0.3 is 0 Å². The molecule has 1 aromatic heterocycles. The number of amides is 1. The number of carbonyl (C=O) groups excluding carboxylic acids is 1. The van der Waals surface area contributed by atoms with E-state index in [2.05, 4.69) is 20.9 Å². The summed E-state index contributed by atoms with van der Waals surface area (Å²) in [6.07, 6.45) is 0. The number of fused-ring (bicyclic) bond motifs is 1. The normalized spacial score (nSPS) is 11.2. The maximum Gasteiger partial charge on any atom is 0.260 e. The molecule has 0 fully saturated rings. The van der Waals surface area contributed by atoms with E-state index in [0.29, 0.717) is 22.3 Å². The van der Waals surface area contributed by atoms with E-state index in [4.69, 9.17) is 11.6 Å². The molecule has 4 nitrogen and oxygen atoms in total. The lowest BCUT2D eigenvalue weighted by Crippen LogP contribution is -2.36. The van der Waals surface area contributed by atoms with Gasteiger partial charge in [-0.2, -0.15) is 0 Å². The molecule has 0 radical (unpaired) electrons. The van der Waals surface area contributed by atoms with Gasteiger partial charge in [-0.05, 0) is 44.4 Å². The van der Waals surface area contributed by atoms with E-state index in [1.54, 1.807) is 4.90 Å². The molecule has 0 aliphatic rings. The van der Waals surface area contributed by atoms with Crippen molar-refractivity contribution in [3.63, 3.8) is 0 Å². The SMILES string of the molecule is CN(C)CCN(C(=O)c1cccc(Br)c1)c1nc2c(Cl)cccc2s1. The van der Waals surface area contributed by atoms with E-state index in [-0.39, 0.29) is 5.91 Å². The topological polar surface area (TPSA) is 36.4 Å². The largest absolute Gasteiger partial charge is 0.308 e. The van der Waals surface area contributed by atoms with Gasteiger partial charge in [0.25, 0.3) is 5.91 Å². The summed E-state index contributed by atoms with van der Waals surface area (Å²) in [5.74, 6) is -0.0710. The second kappa shape index (κ2) is 7.83. The van der Waals surface area contributed by atoms with Crippen LogP contribution in [0.1, 0.15) is 10.4 Å². The Morgan fingerprint density at radius 1 is 1.20 bits per heavy atom. The molecular weight excluding hydrogens is 422 g/mol. The Bertz CT molecular complexity index is 912. The quantitative estimate of drug-likeness (QED) is 0.567. The van der Waals surface area contributed by atoms with Gasteiger partial charge in [-0.15, -0.1) is 0 Å². The third-order valence-corrected chi connectivity index (χ3v) is 5.52. The molecule has 0 N–H and O–H groups in total. The highest BCUT2D eigenvalue weighted by molar-refractivity contribution is 9.10. The summed E-state index contributed by atoms with van der Waals surface area (Å²) in [5, 5.41) is 1.26. The van der Waals surface area contributed by atoms with Crippen LogP contribution in [0.3, 0.4) is 0 Å². The number of rotatable bonds is 5. The van der Waals surface area contributed by atoms with Crippen LogP contribution in [-0.4, -0.2) is 43.0 Å². The number of aromatic nitrogens is 1. The molecule has 3 aromatic rings. The van der Waals surface area contributed by atoms with Crippen molar-refractivity contribution in [1.29, 1.82) is 0 Å². The first-order chi connectivity index (χ1) is 12.0. The highest BCUT2D eigenvalue weighted by atomic mass is 79.9. The molecule has 0 unspecified atom stereocenters. The van der Waals surface area contributed by atoms with E-state index in [1.807, 2.05) is 61.5 Å². The second-order valence-electron chi connectivity index (χ2n) is 5.85. The zero-order valence-corrected chi connectivity index (χ0v) is 17.0. The van der Waals surface area contributed by atoms with Gasteiger partial charge in [0.2, 0.25) is 0 Å². The van der Waals surface area contributed by atoms with Gasteiger partial charge in [-0.25, -0.2) is 4.98 Å². The summed E-state index contributed by atoms with van der Waals surface area (Å²) in [6.45, 7) is 1.29. The zero-order valence-electron chi connectivity index (χ0n) is 13.9. The molecule has 0 aliphatic carbocycles. The summed E-state index contributed by atoms with van der Waals surface area (Å²) in [4.78, 5) is 21.5. The van der Waals surface area contributed by atoms with E-state index < -0.39 is 0 Å². The maximum atomic E-state index is 13.1. The first kappa shape index (κ1) is 18.3. The van der Waals surface area contributed by atoms with E-state index in [1.165, 1.54) is 11.3 Å². The molecule has 1 amide bonds. The minimum absolute atomic E-state index is 0.0710. The molecule has 2 aromatic carbocycles. The Kier molecular flexibility index (Phi) is 5.74. The number of nitrogens with zero attached hydrogens (tertiary/aromatic N) is 3. The van der Waals surface area contributed by atoms with Crippen molar-refractivity contribution in [3.8, 4) is 0 Å². The van der Waals surface area contributed by atoms with Crippen molar-refractivity contribution < 1.29 is 4.79 Å². The van der Waals surface area contributed by atoms with Crippen molar-refractivity contribution in [2.75, 3.05) is 32.1 Å². The Balaban J connectivity index is 2.01. The lowest BCUT2D eigenvalue weighted by atomic mass is 10.2. The second-order valence-corrected chi connectivity index (χ2v) is 8.19. The lowest BCUT2D eigenvalue weighted by Gasteiger charge is -2.22. The third kappa shape index (κ3) is 4.20. The molecule has 25 heavy (non-hydrogen) atoms. The van der Waals surface area contributed by atoms with Gasteiger partial charge in [0.1, 0.15) is 5.52 Å². The van der Waals surface area contributed by atoms with Crippen LogP contribution in [0.2, 0.25) is 5.02 Å². The van der Waals surface area contributed by atoms with Crippen LogP contribution >= 0.6 is 38.9 Å². The average molecular weight is 439 g/mol. The number of likely N-dealkylation sites (N-methyl/N-ethyl adjacent to an activating group) is 1.